The van der Waals surface area contributed by atoms with Gasteiger partial charge in [-0.1, -0.05) is 23.7 Å². The lowest BCUT2D eigenvalue weighted by molar-refractivity contribution is -0.123. The Balaban J connectivity index is 1.58. The molecule has 0 aliphatic carbocycles. The predicted octanol–water partition coefficient (Wildman–Crippen LogP) is 4.05. The van der Waals surface area contributed by atoms with Gasteiger partial charge >= 0.3 is 0 Å². The quantitative estimate of drug-likeness (QED) is 0.603. The van der Waals surface area contributed by atoms with Gasteiger partial charge in [-0.25, -0.2) is 4.68 Å². The number of halogens is 1. The van der Waals surface area contributed by atoms with Crippen molar-refractivity contribution in [1.82, 2.24) is 9.78 Å². The molecule has 2 heterocycles. The smallest absolute Gasteiger partial charge is 0.251 e. The molecule has 0 radical (unpaired) electrons. The number of benzene rings is 2. The zero-order valence-corrected chi connectivity index (χ0v) is 18.0. The summed E-state index contributed by atoms with van der Waals surface area (Å²) in [6, 6.07) is 11.6. The molecule has 2 aromatic carbocycles. The Morgan fingerprint density at radius 3 is 2.61 bits per heavy atom. The molecule has 4 rings (SSSR count). The SMILES string of the molecule is COc1ccc(OC)c(NC(=O)CC2C(=O)Nc3c(-c4ccc(Cl)cc4)c(C)nn32)c1. The highest BCUT2D eigenvalue weighted by atomic mass is 35.5. The Bertz CT molecular complexity index is 1160. The Morgan fingerprint density at radius 1 is 1.19 bits per heavy atom. The summed E-state index contributed by atoms with van der Waals surface area (Å²) in [6.45, 7) is 1.86. The number of anilines is 2. The fourth-order valence-electron chi connectivity index (χ4n) is 3.63. The average Bonchev–Trinajstić information content (AvgIpc) is 3.22. The Labute approximate surface area is 184 Å². The standard InChI is InChI=1S/C22H21ClN4O4/c1-12-20(13-4-6-14(23)7-5-13)21-25-22(29)17(27(21)26-12)11-19(28)24-16-10-15(30-2)8-9-18(16)31-3/h4-10,17H,11H2,1-3H3,(H,24,28)(H,25,29). The number of hydrogen-bond acceptors (Lipinski definition) is 5. The topological polar surface area (TPSA) is 94.5 Å². The first-order valence-electron chi connectivity index (χ1n) is 9.59. The van der Waals surface area contributed by atoms with Crippen molar-refractivity contribution in [3.8, 4) is 22.6 Å². The lowest BCUT2D eigenvalue weighted by atomic mass is 10.1. The lowest BCUT2D eigenvalue weighted by Gasteiger charge is -2.13. The molecule has 9 heteroatoms. The van der Waals surface area contributed by atoms with Gasteiger partial charge in [-0.3, -0.25) is 9.59 Å². The normalized spacial score (nSPS) is 14.7. The summed E-state index contributed by atoms with van der Waals surface area (Å²) in [7, 11) is 3.05. The van der Waals surface area contributed by atoms with E-state index in [4.69, 9.17) is 21.1 Å². The molecule has 160 valence electrons. The number of amides is 2. The molecular weight excluding hydrogens is 420 g/mol. The first-order valence-corrected chi connectivity index (χ1v) is 9.97. The molecule has 0 saturated carbocycles. The van der Waals surface area contributed by atoms with Gasteiger partial charge in [0.15, 0.2) is 0 Å². The third kappa shape index (κ3) is 3.94. The van der Waals surface area contributed by atoms with Crippen LogP contribution in [-0.4, -0.2) is 35.8 Å². The van der Waals surface area contributed by atoms with Gasteiger partial charge in [0.1, 0.15) is 23.4 Å². The molecule has 1 aliphatic rings. The fraction of sp³-hybridized carbons (Fsp3) is 0.227. The van der Waals surface area contributed by atoms with Gasteiger partial charge in [0.25, 0.3) is 5.91 Å². The molecule has 3 aromatic rings. The number of ether oxygens (including phenoxy) is 2. The van der Waals surface area contributed by atoms with E-state index in [0.29, 0.717) is 28.0 Å². The van der Waals surface area contributed by atoms with Gasteiger partial charge in [-0.05, 0) is 36.8 Å². The zero-order valence-electron chi connectivity index (χ0n) is 17.2. The maximum atomic E-state index is 12.7. The molecule has 1 aromatic heterocycles. The number of nitrogens with zero attached hydrogens (tertiary/aromatic N) is 2. The largest absolute Gasteiger partial charge is 0.497 e. The molecule has 1 unspecified atom stereocenters. The summed E-state index contributed by atoms with van der Waals surface area (Å²) in [5.41, 5.74) is 2.90. The van der Waals surface area contributed by atoms with Crippen LogP contribution in [0.2, 0.25) is 5.02 Å². The van der Waals surface area contributed by atoms with Crippen LogP contribution in [-0.2, 0) is 9.59 Å². The monoisotopic (exact) mass is 440 g/mol. The van der Waals surface area contributed by atoms with Crippen molar-refractivity contribution < 1.29 is 19.1 Å². The number of carbonyl (C=O) groups is 2. The molecule has 31 heavy (non-hydrogen) atoms. The summed E-state index contributed by atoms with van der Waals surface area (Å²) in [6.07, 6.45) is -0.0830. The van der Waals surface area contributed by atoms with Crippen molar-refractivity contribution in [1.29, 1.82) is 0 Å². The Hall–Kier alpha value is -3.52. The minimum absolute atomic E-state index is 0.0830. The fourth-order valence-corrected chi connectivity index (χ4v) is 3.76. The molecule has 1 aliphatic heterocycles. The van der Waals surface area contributed by atoms with Crippen molar-refractivity contribution in [3.05, 3.63) is 53.2 Å². The Morgan fingerprint density at radius 2 is 1.94 bits per heavy atom. The minimum Gasteiger partial charge on any atom is -0.497 e. The van der Waals surface area contributed by atoms with E-state index < -0.39 is 6.04 Å². The number of methoxy groups -OCH3 is 2. The van der Waals surface area contributed by atoms with E-state index in [9.17, 15) is 9.59 Å². The number of nitrogens with one attached hydrogen (secondary N) is 2. The van der Waals surface area contributed by atoms with Crippen LogP contribution in [0.15, 0.2) is 42.5 Å². The highest BCUT2D eigenvalue weighted by Gasteiger charge is 2.36. The summed E-state index contributed by atoms with van der Waals surface area (Å²) < 4.78 is 12.1. The molecule has 2 N–H and O–H groups in total. The Kier molecular flexibility index (Phi) is 5.56. The van der Waals surface area contributed by atoms with Gasteiger partial charge in [-0.2, -0.15) is 5.10 Å². The number of aromatic nitrogens is 2. The van der Waals surface area contributed by atoms with Gasteiger partial charge in [0, 0.05) is 16.7 Å². The van der Waals surface area contributed by atoms with E-state index in [-0.39, 0.29) is 18.2 Å². The highest BCUT2D eigenvalue weighted by Crippen LogP contribution is 2.39. The number of fused-ring (bicyclic) bond motifs is 1. The van der Waals surface area contributed by atoms with Gasteiger partial charge < -0.3 is 20.1 Å². The van der Waals surface area contributed by atoms with E-state index in [2.05, 4.69) is 15.7 Å². The number of rotatable bonds is 6. The van der Waals surface area contributed by atoms with Crippen LogP contribution < -0.4 is 20.1 Å². The van der Waals surface area contributed by atoms with E-state index in [1.54, 1.807) is 35.0 Å². The van der Waals surface area contributed by atoms with Gasteiger partial charge in [0.2, 0.25) is 5.91 Å². The third-order valence-corrected chi connectivity index (χ3v) is 5.37. The van der Waals surface area contributed by atoms with Crippen LogP contribution in [0.1, 0.15) is 18.2 Å². The molecular formula is C22H21ClN4O4. The second kappa shape index (κ2) is 8.31. The van der Waals surface area contributed by atoms with Crippen LogP contribution >= 0.6 is 11.6 Å². The van der Waals surface area contributed by atoms with E-state index in [1.165, 1.54) is 14.2 Å². The maximum absolute atomic E-state index is 12.7. The van der Waals surface area contributed by atoms with Crippen LogP contribution in [0.4, 0.5) is 11.5 Å². The van der Waals surface area contributed by atoms with Crippen molar-refractivity contribution >= 4 is 34.9 Å². The first-order chi connectivity index (χ1) is 14.9. The van der Waals surface area contributed by atoms with E-state index in [0.717, 1.165) is 16.8 Å². The van der Waals surface area contributed by atoms with Crippen LogP contribution in [0.25, 0.3) is 11.1 Å². The second-order valence-corrected chi connectivity index (χ2v) is 7.52. The molecule has 8 nitrogen and oxygen atoms in total. The van der Waals surface area contributed by atoms with Gasteiger partial charge in [0.05, 0.1) is 32.0 Å². The molecule has 0 bridgehead atoms. The third-order valence-electron chi connectivity index (χ3n) is 5.12. The number of hydrogen-bond donors (Lipinski definition) is 2. The molecule has 0 spiro atoms. The van der Waals surface area contributed by atoms with Crippen LogP contribution in [0.5, 0.6) is 11.5 Å². The molecule has 0 saturated heterocycles. The molecule has 2 amide bonds. The van der Waals surface area contributed by atoms with Crippen molar-refractivity contribution in [3.63, 3.8) is 0 Å². The summed E-state index contributed by atoms with van der Waals surface area (Å²) >= 11 is 5.99. The van der Waals surface area contributed by atoms with Crippen molar-refractivity contribution in [2.24, 2.45) is 0 Å². The minimum atomic E-state index is -0.758. The summed E-state index contributed by atoms with van der Waals surface area (Å²) in [5, 5.41) is 10.8. The maximum Gasteiger partial charge on any atom is 0.251 e. The number of carbonyl (C=O) groups excluding carboxylic acids is 2. The van der Waals surface area contributed by atoms with E-state index >= 15 is 0 Å². The summed E-state index contributed by atoms with van der Waals surface area (Å²) in [5.74, 6) is 1.01. The lowest BCUT2D eigenvalue weighted by Crippen LogP contribution is -2.24. The predicted molar refractivity (Wildman–Crippen MR) is 118 cm³/mol. The van der Waals surface area contributed by atoms with Crippen molar-refractivity contribution in [2.45, 2.75) is 19.4 Å². The van der Waals surface area contributed by atoms with Crippen LogP contribution in [0, 0.1) is 6.92 Å². The zero-order chi connectivity index (χ0) is 22.1. The summed E-state index contributed by atoms with van der Waals surface area (Å²) in [4.78, 5) is 25.4. The van der Waals surface area contributed by atoms with Crippen LogP contribution in [0.3, 0.4) is 0 Å². The van der Waals surface area contributed by atoms with Crippen molar-refractivity contribution in [2.75, 3.05) is 24.9 Å². The molecule has 0 fully saturated rings. The highest BCUT2D eigenvalue weighted by molar-refractivity contribution is 6.30. The molecule has 1 atom stereocenters. The first kappa shape index (κ1) is 20.7. The second-order valence-electron chi connectivity index (χ2n) is 7.08. The van der Waals surface area contributed by atoms with Gasteiger partial charge in [-0.15, -0.1) is 0 Å². The average molecular weight is 441 g/mol. The van der Waals surface area contributed by atoms with E-state index in [1.807, 2.05) is 19.1 Å². The number of aryl methyl sites for hydroxylation is 1.